The van der Waals surface area contributed by atoms with Crippen LogP contribution in [0.4, 0.5) is 17.6 Å². The molecule has 0 amide bonds. The summed E-state index contributed by atoms with van der Waals surface area (Å²) in [6, 6.07) is 8.25. The molecular formula is C24H20F4O2Ti. The van der Waals surface area contributed by atoms with Crippen molar-refractivity contribution >= 4 is 0 Å². The molecule has 0 aliphatic heterocycles. The number of hydrogen-bond acceptors (Lipinski definition) is 2. The summed E-state index contributed by atoms with van der Waals surface area (Å²) in [6.45, 7) is 0. The third-order valence-corrected chi connectivity index (χ3v) is 3.26. The maximum atomic E-state index is 12.4. The largest absolute Gasteiger partial charge is 4.00 e. The zero-order valence-corrected chi connectivity index (χ0v) is 18.6. The van der Waals surface area contributed by atoms with Crippen molar-refractivity contribution in [2.24, 2.45) is 0 Å². The van der Waals surface area contributed by atoms with Gasteiger partial charge < -0.3 is 9.47 Å². The van der Waals surface area contributed by atoms with Gasteiger partial charge in [-0.3, -0.25) is 12.2 Å². The molecule has 0 radical (unpaired) electrons. The summed E-state index contributed by atoms with van der Waals surface area (Å²) in [5.41, 5.74) is 0. The minimum Gasteiger partial charge on any atom is -0.551 e. The van der Waals surface area contributed by atoms with E-state index in [1.807, 2.05) is 36.4 Å². The second-order valence-corrected chi connectivity index (χ2v) is 5.38. The molecule has 2 aliphatic carbocycles. The van der Waals surface area contributed by atoms with E-state index in [1.54, 1.807) is 0 Å². The Bertz CT molecular complexity index is 800. The third kappa shape index (κ3) is 12.7. The number of ether oxygens (including phenoxy) is 2. The van der Waals surface area contributed by atoms with Crippen molar-refractivity contribution < 1.29 is 48.8 Å². The van der Waals surface area contributed by atoms with E-state index >= 15 is 0 Å². The Labute approximate surface area is 195 Å². The van der Waals surface area contributed by atoms with E-state index < -0.39 is 23.3 Å². The Morgan fingerprint density at radius 2 is 1.06 bits per heavy atom. The summed E-state index contributed by atoms with van der Waals surface area (Å²) < 4.78 is 58.2. The summed E-state index contributed by atoms with van der Waals surface area (Å²) in [4.78, 5) is 0. The molecule has 2 aliphatic rings. The Morgan fingerprint density at radius 1 is 0.677 bits per heavy atom. The standard InChI is InChI=1S/2C7H5F2O.2C5H5.Ti/c2*1-10-7-3-2-5(8)4-6(7)9;2*1-2-4-5-3-1;/h2*2-3H,1H3;2*1-3H,4H2;/q4*-1;+4. The molecule has 0 heterocycles. The smallest absolute Gasteiger partial charge is 0.551 e. The summed E-state index contributed by atoms with van der Waals surface area (Å²) >= 11 is 0. The summed E-state index contributed by atoms with van der Waals surface area (Å²) in [5, 5.41) is 0. The molecule has 0 fully saturated rings. The van der Waals surface area contributed by atoms with E-state index in [0.29, 0.717) is 0 Å². The number of hydrogen-bond donors (Lipinski definition) is 0. The molecule has 0 saturated heterocycles. The van der Waals surface area contributed by atoms with Gasteiger partial charge in [-0.1, -0.05) is 0 Å². The minimum absolute atomic E-state index is 0. The molecule has 2 nitrogen and oxygen atoms in total. The van der Waals surface area contributed by atoms with Crippen LogP contribution < -0.4 is 9.47 Å². The molecule has 0 N–H and O–H groups in total. The molecule has 31 heavy (non-hydrogen) atoms. The van der Waals surface area contributed by atoms with Crippen LogP contribution in [-0.4, -0.2) is 14.2 Å². The fourth-order valence-electron chi connectivity index (χ4n) is 1.86. The summed E-state index contributed by atoms with van der Waals surface area (Å²) in [7, 11) is 2.62. The Kier molecular flexibility index (Phi) is 15.7. The molecule has 2 aromatic carbocycles. The van der Waals surface area contributed by atoms with Gasteiger partial charge in [0.15, 0.2) is 0 Å². The topological polar surface area (TPSA) is 18.5 Å². The van der Waals surface area contributed by atoms with Crippen LogP contribution in [0, 0.1) is 47.6 Å². The molecule has 2 aromatic rings. The van der Waals surface area contributed by atoms with Gasteiger partial charge in [0.2, 0.25) is 0 Å². The van der Waals surface area contributed by atoms with E-state index in [4.69, 9.17) is 0 Å². The summed E-state index contributed by atoms with van der Waals surface area (Å²) in [5.74, 6) is -3.05. The van der Waals surface area contributed by atoms with Crippen molar-refractivity contribution in [3.05, 3.63) is 108 Å². The Morgan fingerprint density at radius 3 is 1.26 bits per heavy atom. The van der Waals surface area contributed by atoms with Crippen molar-refractivity contribution in [2.45, 2.75) is 12.8 Å². The van der Waals surface area contributed by atoms with Crippen LogP contribution in [0.15, 0.2) is 60.7 Å². The molecular weight excluding hydrogens is 444 g/mol. The minimum atomic E-state index is -0.803. The van der Waals surface area contributed by atoms with Crippen molar-refractivity contribution in [3.8, 4) is 11.5 Å². The van der Waals surface area contributed by atoms with Gasteiger partial charge in [0.1, 0.15) is 0 Å². The van der Waals surface area contributed by atoms with Crippen LogP contribution in [0.1, 0.15) is 12.8 Å². The van der Waals surface area contributed by atoms with Crippen LogP contribution >= 0.6 is 0 Å². The maximum Gasteiger partial charge on any atom is 4.00 e. The molecule has 0 bridgehead atoms. The molecule has 7 heteroatoms. The van der Waals surface area contributed by atoms with Gasteiger partial charge in [-0.05, 0) is 0 Å². The van der Waals surface area contributed by atoms with E-state index in [-0.39, 0.29) is 33.2 Å². The predicted octanol–water partition coefficient (Wildman–Crippen LogP) is 6.16. The first-order chi connectivity index (χ1) is 14.5. The molecule has 160 valence electrons. The van der Waals surface area contributed by atoms with E-state index in [1.165, 1.54) is 26.4 Å². The van der Waals surface area contributed by atoms with Crippen LogP contribution in [0.2, 0.25) is 0 Å². The second-order valence-electron chi connectivity index (χ2n) is 5.38. The number of allylic oxidation sites excluding steroid dienone is 8. The normalized spacial score (nSPS) is 11.8. The Hall–Kier alpha value is -2.57. The molecule has 0 atom stereocenters. The SMILES string of the molecule is COc1ccc(F)[c-]c1F.COc1ccc(F)[c-]c1F.[C-]1=CC=CC1.[C-]1=CC=CC1.[Ti+4]. The third-order valence-electron chi connectivity index (χ3n) is 3.26. The molecule has 0 unspecified atom stereocenters. The quantitative estimate of drug-likeness (QED) is 0.301. The van der Waals surface area contributed by atoms with Crippen molar-refractivity contribution in [3.63, 3.8) is 0 Å². The Balaban J connectivity index is 0.000000401. The maximum absolute atomic E-state index is 12.4. The van der Waals surface area contributed by atoms with Gasteiger partial charge in [0.25, 0.3) is 0 Å². The zero-order chi connectivity index (χ0) is 22.2. The first kappa shape index (κ1) is 28.4. The fourth-order valence-corrected chi connectivity index (χ4v) is 1.86. The number of methoxy groups -OCH3 is 2. The van der Waals surface area contributed by atoms with Gasteiger partial charge >= 0.3 is 21.7 Å². The van der Waals surface area contributed by atoms with Gasteiger partial charge in [-0.15, -0.1) is 49.2 Å². The van der Waals surface area contributed by atoms with E-state index in [9.17, 15) is 17.6 Å². The molecule has 0 spiro atoms. The fraction of sp³-hybridized carbons (Fsp3) is 0.167. The monoisotopic (exact) mass is 464 g/mol. The first-order valence-corrected chi connectivity index (χ1v) is 8.74. The van der Waals surface area contributed by atoms with Gasteiger partial charge in [-0.2, -0.15) is 12.2 Å². The van der Waals surface area contributed by atoms with Crippen LogP contribution in [0.25, 0.3) is 0 Å². The number of rotatable bonds is 2. The van der Waals surface area contributed by atoms with Crippen LogP contribution in [0.5, 0.6) is 11.5 Å². The van der Waals surface area contributed by atoms with E-state index in [2.05, 4.69) is 33.8 Å². The molecule has 4 rings (SSSR count). The van der Waals surface area contributed by atoms with Crippen molar-refractivity contribution in [1.82, 2.24) is 0 Å². The van der Waals surface area contributed by atoms with Gasteiger partial charge in [-0.25, -0.2) is 41.9 Å². The predicted molar refractivity (Wildman–Crippen MR) is 107 cm³/mol. The average Bonchev–Trinajstić information content (AvgIpc) is 3.47. The molecule has 0 saturated carbocycles. The average molecular weight is 464 g/mol. The molecule has 0 aromatic heterocycles. The van der Waals surface area contributed by atoms with Gasteiger partial charge in [0, 0.05) is 23.1 Å². The zero-order valence-electron chi connectivity index (χ0n) is 17.0. The second kappa shape index (κ2) is 17.1. The number of halogens is 4. The van der Waals surface area contributed by atoms with E-state index in [0.717, 1.165) is 25.0 Å². The van der Waals surface area contributed by atoms with Crippen molar-refractivity contribution in [2.75, 3.05) is 14.2 Å². The van der Waals surface area contributed by atoms with Crippen LogP contribution in [0.3, 0.4) is 0 Å². The number of benzene rings is 2. The summed E-state index contributed by atoms with van der Waals surface area (Å²) in [6.07, 6.45) is 20.0. The van der Waals surface area contributed by atoms with Gasteiger partial charge in [0.05, 0.1) is 25.9 Å². The first-order valence-electron chi connectivity index (χ1n) is 8.74. The van der Waals surface area contributed by atoms with Crippen molar-refractivity contribution in [1.29, 1.82) is 0 Å². The van der Waals surface area contributed by atoms with Crippen LogP contribution in [-0.2, 0) is 21.7 Å².